The number of carbonyl (C=O) groups is 1. The molecule has 0 amide bonds. The first-order valence-corrected chi connectivity index (χ1v) is 7.09. The Bertz CT molecular complexity index is 291. The number of methoxy groups -OCH3 is 1. The minimum atomic E-state index is -0.518. The minimum absolute atomic E-state index is 0.157. The molecule has 0 aromatic heterocycles. The van der Waals surface area contributed by atoms with Gasteiger partial charge in [-0.1, -0.05) is 19.3 Å². The van der Waals surface area contributed by atoms with E-state index in [1.54, 1.807) is 0 Å². The van der Waals surface area contributed by atoms with Crippen LogP contribution in [0, 0.1) is 5.92 Å². The van der Waals surface area contributed by atoms with E-state index in [2.05, 4.69) is 5.32 Å². The zero-order chi connectivity index (χ0) is 13.0. The second kappa shape index (κ2) is 6.02. The van der Waals surface area contributed by atoms with E-state index in [1.807, 2.05) is 7.05 Å². The molecule has 0 radical (unpaired) electrons. The van der Waals surface area contributed by atoms with Crippen LogP contribution >= 0.6 is 0 Å². The molecule has 0 aliphatic heterocycles. The van der Waals surface area contributed by atoms with E-state index in [0.717, 1.165) is 31.8 Å². The first-order valence-electron chi connectivity index (χ1n) is 7.09. The van der Waals surface area contributed by atoms with Crippen molar-refractivity contribution in [1.82, 2.24) is 5.32 Å². The quantitative estimate of drug-likeness (QED) is 0.736. The SMILES string of the molecule is CNC1(C(=O)OC)CCC(OCCC2CCC2)C1. The molecule has 4 nitrogen and oxygen atoms in total. The Labute approximate surface area is 109 Å². The van der Waals surface area contributed by atoms with Crippen molar-refractivity contribution in [3.8, 4) is 0 Å². The maximum absolute atomic E-state index is 11.8. The highest BCUT2D eigenvalue weighted by Crippen LogP contribution is 2.34. The molecule has 2 fully saturated rings. The van der Waals surface area contributed by atoms with E-state index >= 15 is 0 Å². The van der Waals surface area contributed by atoms with Gasteiger partial charge in [0.25, 0.3) is 0 Å². The van der Waals surface area contributed by atoms with Crippen LogP contribution in [0.4, 0.5) is 0 Å². The van der Waals surface area contributed by atoms with Crippen LogP contribution in [0.1, 0.15) is 44.9 Å². The predicted molar refractivity (Wildman–Crippen MR) is 69.4 cm³/mol. The number of nitrogens with one attached hydrogen (secondary N) is 1. The van der Waals surface area contributed by atoms with E-state index in [9.17, 15) is 4.79 Å². The zero-order valence-corrected chi connectivity index (χ0v) is 11.5. The van der Waals surface area contributed by atoms with Crippen LogP contribution in [0.15, 0.2) is 0 Å². The largest absolute Gasteiger partial charge is 0.468 e. The van der Waals surface area contributed by atoms with E-state index in [-0.39, 0.29) is 12.1 Å². The second-order valence-electron chi connectivity index (χ2n) is 5.64. The standard InChI is InChI=1S/C14H25NO3/c1-15-14(13(16)17-2)8-6-12(10-14)18-9-7-11-4-3-5-11/h11-12,15H,3-10H2,1-2H3. The molecule has 104 valence electrons. The molecule has 2 saturated carbocycles. The van der Waals surface area contributed by atoms with Gasteiger partial charge in [-0.15, -0.1) is 0 Å². The lowest BCUT2D eigenvalue weighted by Gasteiger charge is -2.27. The van der Waals surface area contributed by atoms with Gasteiger partial charge < -0.3 is 14.8 Å². The number of carbonyl (C=O) groups excluding carboxylic acids is 1. The highest BCUT2D eigenvalue weighted by atomic mass is 16.5. The molecule has 0 saturated heterocycles. The average molecular weight is 255 g/mol. The van der Waals surface area contributed by atoms with Crippen LogP contribution < -0.4 is 5.32 Å². The summed E-state index contributed by atoms with van der Waals surface area (Å²) < 4.78 is 10.8. The van der Waals surface area contributed by atoms with Crippen molar-refractivity contribution in [1.29, 1.82) is 0 Å². The van der Waals surface area contributed by atoms with Gasteiger partial charge in [-0.05, 0) is 32.2 Å². The lowest BCUT2D eigenvalue weighted by molar-refractivity contribution is -0.148. The molecule has 2 rings (SSSR count). The third-order valence-corrected chi connectivity index (χ3v) is 4.63. The van der Waals surface area contributed by atoms with Crippen molar-refractivity contribution in [2.45, 2.75) is 56.6 Å². The van der Waals surface area contributed by atoms with Gasteiger partial charge in [0, 0.05) is 13.0 Å². The molecule has 0 heterocycles. The summed E-state index contributed by atoms with van der Waals surface area (Å²) in [6, 6.07) is 0. The summed E-state index contributed by atoms with van der Waals surface area (Å²) in [5.74, 6) is 0.733. The number of hydrogen-bond acceptors (Lipinski definition) is 4. The lowest BCUT2D eigenvalue weighted by Crippen LogP contribution is -2.49. The Hall–Kier alpha value is -0.610. The normalized spacial score (nSPS) is 32.2. The number of ether oxygens (including phenoxy) is 2. The molecular formula is C14H25NO3. The number of likely N-dealkylation sites (N-methyl/N-ethyl adjacent to an activating group) is 1. The van der Waals surface area contributed by atoms with Crippen LogP contribution in [-0.4, -0.2) is 38.4 Å². The molecule has 0 aromatic carbocycles. The first kappa shape index (κ1) is 13.8. The molecule has 0 aromatic rings. The van der Waals surface area contributed by atoms with Gasteiger partial charge in [0.05, 0.1) is 13.2 Å². The summed E-state index contributed by atoms with van der Waals surface area (Å²) in [5.41, 5.74) is -0.518. The Morgan fingerprint density at radius 2 is 2.17 bits per heavy atom. The topological polar surface area (TPSA) is 47.6 Å². The summed E-state index contributed by atoms with van der Waals surface area (Å²) in [4.78, 5) is 11.8. The van der Waals surface area contributed by atoms with Gasteiger partial charge in [-0.2, -0.15) is 0 Å². The minimum Gasteiger partial charge on any atom is -0.468 e. The fourth-order valence-electron chi connectivity index (χ4n) is 3.04. The molecule has 2 aliphatic rings. The van der Waals surface area contributed by atoms with Gasteiger partial charge in [0.2, 0.25) is 0 Å². The van der Waals surface area contributed by atoms with Crippen LogP contribution in [0.5, 0.6) is 0 Å². The maximum atomic E-state index is 11.8. The highest BCUT2D eigenvalue weighted by molar-refractivity contribution is 5.81. The van der Waals surface area contributed by atoms with E-state index in [0.29, 0.717) is 0 Å². The van der Waals surface area contributed by atoms with E-state index in [1.165, 1.54) is 32.8 Å². The van der Waals surface area contributed by atoms with Crippen LogP contribution in [-0.2, 0) is 14.3 Å². The Kier molecular flexibility index (Phi) is 4.62. The summed E-state index contributed by atoms with van der Waals surface area (Å²) in [6.45, 7) is 0.844. The summed E-state index contributed by atoms with van der Waals surface area (Å²) in [5, 5.41) is 3.13. The van der Waals surface area contributed by atoms with Gasteiger partial charge in [0.1, 0.15) is 5.54 Å². The van der Waals surface area contributed by atoms with Crippen LogP contribution in [0.2, 0.25) is 0 Å². The average Bonchev–Trinajstić information content (AvgIpc) is 2.76. The summed E-state index contributed by atoms with van der Waals surface area (Å²) >= 11 is 0. The van der Waals surface area contributed by atoms with Gasteiger partial charge >= 0.3 is 5.97 Å². The fraction of sp³-hybridized carbons (Fsp3) is 0.929. The Balaban J connectivity index is 1.73. The molecule has 1 N–H and O–H groups in total. The van der Waals surface area contributed by atoms with Gasteiger partial charge in [0.15, 0.2) is 0 Å². The first-order chi connectivity index (χ1) is 8.70. The third-order valence-electron chi connectivity index (χ3n) is 4.63. The maximum Gasteiger partial charge on any atom is 0.326 e. The molecule has 0 bridgehead atoms. The molecule has 2 atom stereocenters. The van der Waals surface area contributed by atoms with Crippen molar-refractivity contribution < 1.29 is 14.3 Å². The van der Waals surface area contributed by atoms with E-state index < -0.39 is 5.54 Å². The Morgan fingerprint density at radius 3 is 2.72 bits per heavy atom. The molecule has 2 aliphatic carbocycles. The van der Waals surface area contributed by atoms with Crippen molar-refractivity contribution in [3.63, 3.8) is 0 Å². The predicted octanol–water partition coefficient (Wildman–Crippen LogP) is 1.88. The van der Waals surface area contributed by atoms with Crippen molar-refractivity contribution >= 4 is 5.97 Å². The smallest absolute Gasteiger partial charge is 0.326 e. The second-order valence-corrected chi connectivity index (χ2v) is 5.64. The molecular weight excluding hydrogens is 230 g/mol. The fourth-order valence-corrected chi connectivity index (χ4v) is 3.04. The molecule has 4 heteroatoms. The summed E-state index contributed by atoms with van der Waals surface area (Å²) in [6.07, 6.45) is 8.01. The third kappa shape index (κ3) is 2.86. The van der Waals surface area contributed by atoms with E-state index in [4.69, 9.17) is 9.47 Å². The van der Waals surface area contributed by atoms with Gasteiger partial charge in [-0.3, -0.25) is 4.79 Å². The molecule has 2 unspecified atom stereocenters. The van der Waals surface area contributed by atoms with Crippen molar-refractivity contribution in [3.05, 3.63) is 0 Å². The monoisotopic (exact) mass is 255 g/mol. The Morgan fingerprint density at radius 1 is 1.39 bits per heavy atom. The summed E-state index contributed by atoms with van der Waals surface area (Å²) in [7, 11) is 3.28. The van der Waals surface area contributed by atoms with Crippen molar-refractivity contribution in [2.24, 2.45) is 5.92 Å². The highest BCUT2D eigenvalue weighted by Gasteiger charge is 2.45. The lowest BCUT2D eigenvalue weighted by atomic mass is 9.83. The molecule has 0 spiro atoms. The van der Waals surface area contributed by atoms with Crippen LogP contribution in [0.3, 0.4) is 0 Å². The van der Waals surface area contributed by atoms with Crippen molar-refractivity contribution in [2.75, 3.05) is 20.8 Å². The number of hydrogen-bond donors (Lipinski definition) is 1. The number of esters is 1. The zero-order valence-electron chi connectivity index (χ0n) is 11.5. The van der Waals surface area contributed by atoms with Crippen LogP contribution in [0.25, 0.3) is 0 Å². The van der Waals surface area contributed by atoms with Gasteiger partial charge in [-0.25, -0.2) is 0 Å². The molecule has 18 heavy (non-hydrogen) atoms. The number of rotatable bonds is 6.